The number of rotatable bonds is 5. The van der Waals surface area contributed by atoms with E-state index in [4.69, 9.17) is 4.74 Å². The van der Waals surface area contributed by atoms with Gasteiger partial charge in [0.25, 0.3) is 5.91 Å². The topological polar surface area (TPSA) is 88.3 Å². The molecule has 1 aromatic heterocycles. The van der Waals surface area contributed by atoms with Gasteiger partial charge in [-0.3, -0.25) is 4.79 Å². The molecule has 0 aliphatic heterocycles. The molecule has 0 atom stereocenters. The van der Waals surface area contributed by atoms with Crippen LogP contribution >= 0.6 is 0 Å². The SMILES string of the molecule is CCS(=O)(=O)c1ccc(OC)c(NC(=O)c2cc3ccccc3[nH]2)c1. The number of hydrogen-bond donors (Lipinski definition) is 2. The Labute approximate surface area is 145 Å². The van der Waals surface area contributed by atoms with Crippen LogP contribution in [0.5, 0.6) is 5.75 Å². The van der Waals surface area contributed by atoms with Crippen LogP contribution in [-0.4, -0.2) is 32.2 Å². The summed E-state index contributed by atoms with van der Waals surface area (Å²) in [6.07, 6.45) is 0. The fourth-order valence-electron chi connectivity index (χ4n) is 2.53. The fourth-order valence-corrected chi connectivity index (χ4v) is 3.44. The second-order valence-corrected chi connectivity index (χ2v) is 7.77. The Morgan fingerprint density at radius 1 is 1.16 bits per heavy atom. The van der Waals surface area contributed by atoms with Crippen LogP contribution in [0.4, 0.5) is 5.69 Å². The van der Waals surface area contributed by atoms with E-state index in [0.29, 0.717) is 17.1 Å². The molecule has 2 N–H and O–H groups in total. The number of H-pyrrole nitrogens is 1. The van der Waals surface area contributed by atoms with E-state index < -0.39 is 9.84 Å². The number of sulfone groups is 1. The summed E-state index contributed by atoms with van der Waals surface area (Å²) in [4.78, 5) is 15.7. The summed E-state index contributed by atoms with van der Waals surface area (Å²) in [6, 6.07) is 13.7. The average molecular weight is 358 g/mol. The first-order chi connectivity index (χ1) is 11.9. The third kappa shape index (κ3) is 3.36. The van der Waals surface area contributed by atoms with Crippen molar-refractivity contribution in [2.75, 3.05) is 18.2 Å². The van der Waals surface area contributed by atoms with Crippen LogP contribution < -0.4 is 10.1 Å². The number of anilines is 1. The number of para-hydroxylation sites is 1. The number of fused-ring (bicyclic) bond motifs is 1. The summed E-state index contributed by atoms with van der Waals surface area (Å²) in [7, 11) is -1.92. The summed E-state index contributed by atoms with van der Waals surface area (Å²) in [5, 5.41) is 3.63. The Bertz CT molecular complexity index is 1010. The fraction of sp³-hybridized carbons (Fsp3) is 0.167. The lowest BCUT2D eigenvalue weighted by Crippen LogP contribution is -2.14. The van der Waals surface area contributed by atoms with Crippen LogP contribution in [0.2, 0.25) is 0 Å². The Kier molecular flexibility index (Phi) is 4.50. The zero-order valence-electron chi connectivity index (χ0n) is 13.9. The highest BCUT2D eigenvalue weighted by atomic mass is 32.2. The van der Waals surface area contributed by atoms with Gasteiger partial charge in [0.1, 0.15) is 11.4 Å². The Hall–Kier alpha value is -2.80. The van der Waals surface area contributed by atoms with E-state index in [1.165, 1.54) is 25.3 Å². The molecule has 25 heavy (non-hydrogen) atoms. The zero-order chi connectivity index (χ0) is 18.0. The summed E-state index contributed by atoms with van der Waals surface area (Å²) >= 11 is 0. The van der Waals surface area contributed by atoms with Gasteiger partial charge in [-0.1, -0.05) is 25.1 Å². The van der Waals surface area contributed by atoms with E-state index in [-0.39, 0.29) is 16.6 Å². The van der Waals surface area contributed by atoms with Gasteiger partial charge >= 0.3 is 0 Å². The molecule has 7 heteroatoms. The molecule has 1 amide bonds. The van der Waals surface area contributed by atoms with E-state index in [2.05, 4.69) is 10.3 Å². The van der Waals surface area contributed by atoms with E-state index in [1.54, 1.807) is 13.0 Å². The lowest BCUT2D eigenvalue weighted by atomic mass is 10.2. The smallest absolute Gasteiger partial charge is 0.272 e. The maximum Gasteiger partial charge on any atom is 0.272 e. The van der Waals surface area contributed by atoms with Crippen molar-refractivity contribution in [3.63, 3.8) is 0 Å². The van der Waals surface area contributed by atoms with Gasteiger partial charge in [0.05, 0.1) is 23.4 Å². The number of aromatic amines is 1. The van der Waals surface area contributed by atoms with Gasteiger partial charge in [-0.15, -0.1) is 0 Å². The highest BCUT2D eigenvalue weighted by Gasteiger charge is 2.17. The highest BCUT2D eigenvalue weighted by Crippen LogP contribution is 2.28. The van der Waals surface area contributed by atoms with Gasteiger partial charge in [-0.05, 0) is 30.3 Å². The Morgan fingerprint density at radius 3 is 2.60 bits per heavy atom. The maximum atomic E-state index is 12.5. The molecule has 0 fully saturated rings. The summed E-state index contributed by atoms with van der Waals surface area (Å²) in [6.45, 7) is 1.57. The first-order valence-electron chi connectivity index (χ1n) is 7.74. The number of ether oxygens (including phenoxy) is 1. The Balaban J connectivity index is 1.95. The number of benzene rings is 2. The van der Waals surface area contributed by atoms with Gasteiger partial charge in [0.2, 0.25) is 0 Å². The minimum absolute atomic E-state index is 0.0191. The molecule has 3 rings (SSSR count). The molecule has 0 aliphatic rings. The van der Waals surface area contributed by atoms with Crippen LogP contribution in [0.15, 0.2) is 53.4 Å². The van der Waals surface area contributed by atoms with Crippen molar-refractivity contribution < 1.29 is 17.9 Å². The minimum Gasteiger partial charge on any atom is -0.495 e. The molecule has 0 aliphatic carbocycles. The van der Waals surface area contributed by atoms with Crippen LogP contribution in [0.1, 0.15) is 17.4 Å². The molecule has 3 aromatic rings. The lowest BCUT2D eigenvalue weighted by Gasteiger charge is -2.11. The normalized spacial score (nSPS) is 11.4. The van der Waals surface area contributed by atoms with Crippen molar-refractivity contribution in [1.82, 2.24) is 4.98 Å². The number of hydrogen-bond acceptors (Lipinski definition) is 4. The van der Waals surface area contributed by atoms with Gasteiger partial charge in [0.15, 0.2) is 9.84 Å². The van der Waals surface area contributed by atoms with Gasteiger partial charge in [-0.2, -0.15) is 0 Å². The molecule has 0 saturated heterocycles. The van der Waals surface area contributed by atoms with Crippen molar-refractivity contribution in [3.05, 3.63) is 54.2 Å². The van der Waals surface area contributed by atoms with Crippen molar-refractivity contribution in [2.45, 2.75) is 11.8 Å². The first kappa shape index (κ1) is 17.0. The molecule has 1 heterocycles. The van der Waals surface area contributed by atoms with Crippen molar-refractivity contribution in [2.24, 2.45) is 0 Å². The van der Waals surface area contributed by atoms with Crippen molar-refractivity contribution in [1.29, 1.82) is 0 Å². The molecule has 0 unspecified atom stereocenters. The number of nitrogens with one attached hydrogen (secondary N) is 2. The second-order valence-electron chi connectivity index (χ2n) is 5.49. The molecule has 2 aromatic carbocycles. The Morgan fingerprint density at radius 2 is 1.92 bits per heavy atom. The largest absolute Gasteiger partial charge is 0.495 e. The van der Waals surface area contributed by atoms with E-state index in [1.807, 2.05) is 24.3 Å². The molecular weight excluding hydrogens is 340 g/mol. The first-order valence-corrected chi connectivity index (χ1v) is 9.39. The summed E-state index contributed by atoms with van der Waals surface area (Å²) in [5.41, 5.74) is 1.54. The number of carbonyl (C=O) groups is 1. The predicted octanol–water partition coefficient (Wildman–Crippen LogP) is 3.22. The number of methoxy groups -OCH3 is 1. The van der Waals surface area contributed by atoms with Crippen LogP contribution in [-0.2, 0) is 9.84 Å². The standard InChI is InChI=1S/C18H18N2O4S/c1-3-25(22,23)13-8-9-17(24-2)15(11-13)20-18(21)16-10-12-6-4-5-7-14(12)19-16/h4-11,19H,3H2,1-2H3,(H,20,21). The van der Waals surface area contributed by atoms with Crippen molar-refractivity contribution in [3.8, 4) is 5.75 Å². The number of aromatic nitrogens is 1. The third-order valence-electron chi connectivity index (χ3n) is 3.93. The van der Waals surface area contributed by atoms with Gasteiger partial charge < -0.3 is 15.0 Å². The molecule has 0 bridgehead atoms. The second kappa shape index (κ2) is 6.60. The molecule has 130 valence electrons. The monoisotopic (exact) mass is 358 g/mol. The lowest BCUT2D eigenvalue weighted by molar-refractivity contribution is 0.102. The van der Waals surface area contributed by atoms with Gasteiger partial charge in [0, 0.05) is 10.9 Å². The molecule has 0 saturated carbocycles. The predicted molar refractivity (Wildman–Crippen MR) is 97.0 cm³/mol. The third-order valence-corrected chi connectivity index (χ3v) is 5.67. The zero-order valence-corrected chi connectivity index (χ0v) is 14.7. The highest BCUT2D eigenvalue weighted by molar-refractivity contribution is 7.91. The quantitative estimate of drug-likeness (QED) is 0.733. The molecular formula is C18H18N2O4S. The molecule has 0 radical (unpaired) electrons. The summed E-state index contributed by atoms with van der Waals surface area (Å²) in [5.74, 6) is -0.00517. The van der Waals surface area contributed by atoms with Crippen LogP contribution in [0.3, 0.4) is 0 Å². The van der Waals surface area contributed by atoms with Gasteiger partial charge in [-0.25, -0.2) is 8.42 Å². The minimum atomic E-state index is -3.38. The average Bonchev–Trinajstić information content (AvgIpc) is 3.06. The van der Waals surface area contributed by atoms with E-state index >= 15 is 0 Å². The maximum absolute atomic E-state index is 12.5. The van der Waals surface area contributed by atoms with E-state index in [0.717, 1.165) is 10.9 Å². The number of amides is 1. The summed E-state index contributed by atoms with van der Waals surface area (Å²) < 4.78 is 29.4. The molecule has 6 nitrogen and oxygen atoms in total. The number of carbonyl (C=O) groups excluding carboxylic acids is 1. The van der Waals surface area contributed by atoms with E-state index in [9.17, 15) is 13.2 Å². The van der Waals surface area contributed by atoms with Crippen LogP contribution in [0.25, 0.3) is 10.9 Å². The van der Waals surface area contributed by atoms with Crippen molar-refractivity contribution >= 4 is 32.3 Å². The molecule has 0 spiro atoms. The van der Waals surface area contributed by atoms with Crippen LogP contribution in [0, 0.1) is 0 Å².